The Labute approximate surface area is 90.2 Å². The minimum absolute atomic E-state index is 0.339. The van der Waals surface area contributed by atoms with Crippen molar-refractivity contribution in [2.75, 3.05) is 14.2 Å². The Balaban J connectivity index is 3.40. The highest BCUT2D eigenvalue weighted by atomic mass is 16.5. The van der Waals surface area contributed by atoms with Crippen LogP contribution in [0.5, 0.6) is 11.5 Å². The summed E-state index contributed by atoms with van der Waals surface area (Å²) in [4.78, 5) is 0. The fraction of sp³-hybridized carbons (Fsp3) is 0.417. The zero-order valence-electron chi connectivity index (χ0n) is 9.55. The summed E-state index contributed by atoms with van der Waals surface area (Å²) in [6.45, 7) is 3.91. The average Bonchev–Trinajstić information content (AvgIpc) is 2.22. The van der Waals surface area contributed by atoms with Crippen molar-refractivity contribution in [2.45, 2.75) is 20.3 Å². The van der Waals surface area contributed by atoms with Gasteiger partial charge < -0.3 is 9.47 Å². The van der Waals surface area contributed by atoms with Crippen LogP contribution in [-0.2, 0) is 6.42 Å². The number of rotatable bonds is 3. The molecule has 0 aliphatic carbocycles. The van der Waals surface area contributed by atoms with Crippen LogP contribution in [0.4, 0.5) is 0 Å². The fourth-order valence-corrected chi connectivity index (χ4v) is 1.76. The summed E-state index contributed by atoms with van der Waals surface area (Å²) in [6.07, 6.45) is 0.339. The summed E-state index contributed by atoms with van der Waals surface area (Å²) in [5.41, 5.74) is 2.91. The van der Waals surface area contributed by atoms with Gasteiger partial charge in [-0.05, 0) is 31.0 Å². The summed E-state index contributed by atoms with van der Waals surface area (Å²) in [6, 6.07) is 4.04. The first-order valence-electron chi connectivity index (χ1n) is 4.73. The predicted octanol–water partition coefficient (Wildman–Crippen LogP) is 2.39. The molecule has 0 saturated carbocycles. The molecule has 3 nitrogen and oxygen atoms in total. The average molecular weight is 205 g/mol. The van der Waals surface area contributed by atoms with Crippen molar-refractivity contribution >= 4 is 0 Å². The Morgan fingerprint density at radius 3 is 2.40 bits per heavy atom. The molecule has 1 aromatic carbocycles. The van der Waals surface area contributed by atoms with E-state index in [1.807, 2.05) is 19.9 Å². The molecule has 0 spiro atoms. The lowest BCUT2D eigenvalue weighted by molar-refractivity contribution is 0.394. The lowest BCUT2D eigenvalue weighted by Gasteiger charge is -2.15. The number of benzene rings is 1. The van der Waals surface area contributed by atoms with Crippen molar-refractivity contribution < 1.29 is 9.47 Å². The van der Waals surface area contributed by atoms with E-state index >= 15 is 0 Å². The van der Waals surface area contributed by atoms with Gasteiger partial charge in [-0.3, -0.25) is 0 Å². The third-order valence-corrected chi connectivity index (χ3v) is 2.48. The van der Waals surface area contributed by atoms with Crippen LogP contribution in [0, 0.1) is 25.2 Å². The van der Waals surface area contributed by atoms with Crippen LogP contribution in [0.2, 0.25) is 0 Å². The summed E-state index contributed by atoms with van der Waals surface area (Å²) < 4.78 is 10.5. The van der Waals surface area contributed by atoms with Gasteiger partial charge in [0.2, 0.25) is 0 Å². The lowest BCUT2D eigenvalue weighted by Crippen LogP contribution is -2.00. The second-order valence-electron chi connectivity index (χ2n) is 3.37. The number of methoxy groups -OCH3 is 2. The highest BCUT2D eigenvalue weighted by Crippen LogP contribution is 2.33. The van der Waals surface area contributed by atoms with E-state index in [0.717, 1.165) is 28.2 Å². The van der Waals surface area contributed by atoms with Gasteiger partial charge in [0.15, 0.2) is 0 Å². The Kier molecular flexibility index (Phi) is 3.56. The van der Waals surface area contributed by atoms with Gasteiger partial charge in [-0.25, -0.2) is 0 Å². The molecule has 15 heavy (non-hydrogen) atoms. The van der Waals surface area contributed by atoms with E-state index in [9.17, 15) is 0 Å². The quantitative estimate of drug-likeness (QED) is 0.760. The van der Waals surface area contributed by atoms with Crippen LogP contribution in [0.1, 0.15) is 16.7 Å². The predicted molar refractivity (Wildman–Crippen MR) is 58.3 cm³/mol. The molecular weight excluding hydrogens is 190 g/mol. The normalized spacial score (nSPS) is 9.53. The van der Waals surface area contributed by atoms with Crippen molar-refractivity contribution in [2.24, 2.45) is 0 Å². The van der Waals surface area contributed by atoms with Crippen LogP contribution >= 0.6 is 0 Å². The van der Waals surface area contributed by atoms with Crippen LogP contribution < -0.4 is 9.47 Å². The van der Waals surface area contributed by atoms with E-state index in [1.165, 1.54) is 0 Å². The molecule has 0 aliphatic heterocycles. The van der Waals surface area contributed by atoms with Crippen LogP contribution in [-0.4, -0.2) is 14.2 Å². The van der Waals surface area contributed by atoms with E-state index in [4.69, 9.17) is 14.7 Å². The maximum atomic E-state index is 8.75. The number of nitriles is 1. The first-order valence-corrected chi connectivity index (χ1v) is 4.73. The second kappa shape index (κ2) is 4.70. The van der Waals surface area contributed by atoms with Gasteiger partial charge in [0.05, 0.1) is 26.7 Å². The number of hydrogen-bond acceptors (Lipinski definition) is 3. The molecule has 0 aromatic heterocycles. The van der Waals surface area contributed by atoms with E-state index < -0.39 is 0 Å². The molecule has 0 unspecified atom stereocenters. The highest BCUT2D eigenvalue weighted by Gasteiger charge is 2.13. The van der Waals surface area contributed by atoms with Crippen molar-refractivity contribution in [3.63, 3.8) is 0 Å². The van der Waals surface area contributed by atoms with Gasteiger partial charge in [-0.1, -0.05) is 0 Å². The summed E-state index contributed by atoms with van der Waals surface area (Å²) in [5, 5.41) is 8.75. The summed E-state index contributed by atoms with van der Waals surface area (Å²) in [5.74, 6) is 1.59. The van der Waals surface area contributed by atoms with E-state index in [1.54, 1.807) is 14.2 Å². The third-order valence-electron chi connectivity index (χ3n) is 2.48. The topological polar surface area (TPSA) is 42.2 Å². The van der Waals surface area contributed by atoms with Gasteiger partial charge in [-0.15, -0.1) is 0 Å². The van der Waals surface area contributed by atoms with Gasteiger partial charge in [0.25, 0.3) is 0 Å². The molecule has 0 N–H and O–H groups in total. The zero-order chi connectivity index (χ0) is 11.4. The molecular formula is C12H15NO2. The number of hydrogen-bond donors (Lipinski definition) is 0. The molecule has 0 bridgehead atoms. The number of ether oxygens (including phenoxy) is 2. The first-order chi connectivity index (χ1) is 7.15. The molecule has 1 aromatic rings. The minimum Gasteiger partial charge on any atom is -0.496 e. The van der Waals surface area contributed by atoms with Crippen molar-refractivity contribution in [1.82, 2.24) is 0 Å². The molecule has 0 atom stereocenters. The Morgan fingerprint density at radius 1 is 1.27 bits per heavy atom. The molecule has 0 aliphatic rings. The smallest absolute Gasteiger partial charge is 0.125 e. The van der Waals surface area contributed by atoms with Gasteiger partial charge in [-0.2, -0.15) is 5.26 Å². The van der Waals surface area contributed by atoms with Crippen molar-refractivity contribution in [3.8, 4) is 17.6 Å². The largest absolute Gasteiger partial charge is 0.496 e. The van der Waals surface area contributed by atoms with Crippen molar-refractivity contribution in [1.29, 1.82) is 5.26 Å². The van der Waals surface area contributed by atoms with Gasteiger partial charge in [0.1, 0.15) is 11.5 Å². The molecule has 0 heterocycles. The van der Waals surface area contributed by atoms with Gasteiger partial charge in [0, 0.05) is 5.56 Å². The molecule has 0 fully saturated rings. The summed E-state index contributed by atoms with van der Waals surface area (Å²) >= 11 is 0. The monoisotopic (exact) mass is 205 g/mol. The lowest BCUT2D eigenvalue weighted by atomic mass is 10.0. The Hall–Kier alpha value is -1.69. The Morgan fingerprint density at radius 2 is 1.93 bits per heavy atom. The number of nitrogens with zero attached hydrogens (tertiary/aromatic N) is 1. The van der Waals surface area contributed by atoms with Gasteiger partial charge >= 0.3 is 0 Å². The molecule has 80 valence electrons. The number of aryl methyl sites for hydroxylation is 1. The summed E-state index contributed by atoms with van der Waals surface area (Å²) in [7, 11) is 3.25. The van der Waals surface area contributed by atoms with Crippen molar-refractivity contribution in [3.05, 3.63) is 22.8 Å². The fourth-order valence-electron chi connectivity index (χ4n) is 1.76. The third kappa shape index (κ3) is 2.04. The molecule has 0 amide bonds. The highest BCUT2D eigenvalue weighted by molar-refractivity contribution is 5.53. The first kappa shape index (κ1) is 11.4. The molecule has 0 saturated heterocycles. The molecule has 1 rings (SSSR count). The molecule has 0 radical (unpaired) electrons. The molecule has 3 heteroatoms. The van der Waals surface area contributed by atoms with Crippen LogP contribution in [0.3, 0.4) is 0 Å². The SMILES string of the molecule is COc1cc(C)c(OC)c(C)c1CC#N. The van der Waals surface area contributed by atoms with E-state index in [0.29, 0.717) is 6.42 Å². The maximum Gasteiger partial charge on any atom is 0.125 e. The minimum atomic E-state index is 0.339. The van der Waals surface area contributed by atoms with E-state index in [-0.39, 0.29) is 0 Å². The Bertz CT molecular complexity index is 405. The van der Waals surface area contributed by atoms with E-state index in [2.05, 4.69) is 6.07 Å². The second-order valence-corrected chi connectivity index (χ2v) is 3.37. The maximum absolute atomic E-state index is 8.75. The van der Waals surface area contributed by atoms with Crippen LogP contribution in [0.15, 0.2) is 6.07 Å². The zero-order valence-corrected chi connectivity index (χ0v) is 9.55. The van der Waals surface area contributed by atoms with Crippen LogP contribution in [0.25, 0.3) is 0 Å². The standard InChI is InChI=1S/C12H15NO2/c1-8-7-11(14-3)10(5-6-13)9(2)12(8)15-4/h7H,5H2,1-4H3.